The standard InChI is InChI=1S/C18H16BrF2NO2/c1-18(8-9-18)24-17(23)22-15-7-6-13(19)12(16(15)21)10-11-4-2-3-5-14(11)20/h2-7H,8-10H2,1H3,(H,22,23). The van der Waals surface area contributed by atoms with Gasteiger partial charge in [0.1, 0.15) is 11.4 Å². The minimum absolute atomic E-state index is 0.0128. The van der Waals surface area contributed by atoms with Crippen LogP contribution in [-0.2, 0) is 11.2 Å². The fourth-order valence-electron chi connectivity index (χ4n) is 2.33. The third kappa shape index (κ3) is 3.75. The van der Waals surface area contributed by atoms with Crippen LogP contribution in [0.25, 0.3) is 0 Å². The first-order valence-electron chi connectivity index (χ1n) is 7.58. The van der Waals surface area contributed by atoms with Crippen LogP contribution in [0.15, 0.2) is 40.9 Å². The molecule has 0 aromatic heterocycles. The van der Waals surface area contributed by atoms with E-state index >= 15 is 0 Å². The van der Waals surface area contributed by atoms with Gasteiger partial charge in [-0.2, -0.15) is 0 Å². The predicted molar refractivity (Wildman–Crippen MR) is 91.0 cm³/mol. The molecule has 1 saturated carbocycles. The van der Waals surface area contributed by atoms with Crippen LogP contribution in [0.4, 0.5) is 19.3 Å². The first-order valence-corrected chi connectivity index (χ1v) is 8.37. The summed E-state index contributed by atoms with van der Waals surface area (Å²) in [6.45, 7) is 1.83. The summed E-state index contributed by atoms with van der Waals surface area (Å²) in [6, 6.07) is 9.27. The Labute approximate surface area is 147 Å². The van der Waals surface area contributed by atoms with Gasteiger partial charge in [-0.25, -0.2) is 13.6 Å². The molecule has 0 heterocycles. The Balaban J connectivity index is 1.82. The summed E-state index contributed by atoms with van der Waals surface area (Å²) in [6.07, 6.45) is 0.998. The Hall–Kier alpha value is -1.95. The van der Waals surface area contributed by atoms with E-state index in [2.05, 4.69) is 21.2 Å². The van der Waals surface area contributed by atoms with Crippen LogP contribution in [0, 0.1) is 11.6 Å². The van der Waals surface area contributed by atoms with Gasteiger partial charge in [0.25, 0.3) is 0 Å². The molecule has 2 aromatic carbocycles. The van der Waals surface area contributed by atoms with Crippen LogP contribution in [-0.4, -0.2) is 11.7 Å². The Bertz CT molecular complexity index is 791. The Kier molecular flexibility index (Phi) is 4.58. The first-order chi connectivity index (χ1) is 11.4. The summed E-state index contributed by atoms with van der Waals surface area (Å²) in [5, 5.41) is 2.42. The SMILES string of the molecule is CC1(OC(=O)Nc2ccc(Br)c(Cc3ccccc3F)c2F)CC1. The number of carbonyl (C=O) groups excluding carboxylic acids is 1. The van der Waals surface area contributed by atoms with Crippen LogP contribution in [0.5, 0.6) is 0 Å². The molecule has 0 unspecified atom stereocenters. The molecule has 24 heavy (non-hydrogen) atoms. The summed E-state index contributed by atoms with van der Waals surface area (Å²) in [5.74, 6) is -1.01. The van der Waals surface area contributed by atoms with Gasteiger partial charge in [-0.05, 0) is 43.5 Å². The van der Waals surface area contributed by atoms with E-state index in [0.717, 1.165) is 12.8 Å². The second-order valence-corrected chi connectivity index (χ2v) is 6.97. The van der Waals surface area contributed by atoms with Gasteiger partial charge < -0.3 is 4.74 Å². The van der Waals surface area contributed by atoms with Gasteiger partial charge in [0.2, 0.25) is 0 Å². The van der Waals surface area contributed by atoms with E-state index < -0.39 is 23.3 Å². The molecule has 1 aliphatic carbocycles. The van der Waals surface area contributed by atoms with Gasteiger partial charge >= 0.3 is 6.09 Å². The molecule has 1 fully saturated rings. The van der Waals surface area contributed by atoms with Crippen LogP contribution < -0.4 is 5.32 Å². The van der Waals surface area contributed by atoms with Gasteiger partial charge in [-0.1, -0.05) is 34.1 Å². The van der Waals surface area contributed by atoms with Gasteiger partial charge in [0, 0.05) is 16.5 Å². The molecule has 1 N–H and O–H groups in total. The van der Waals surface area contributed by atoms with Gasteiger partial charge in [0.05, 0.1) is 5.69 Å². The molecular formula is C18H16BrF2NO2. The average molecular weight is 396 g/mol. The van der Waals surface area contributed by atoms with Crippen molar-refractivity contribution in [1.82, 2.24) is 0 Å². The quantitative estimate of drug-likeness (QED) is 0.750. The lowest BCUT2D eigenvalue weighted by Gasteiger charge is -2.14. The number of halogens is 3. The molecule has 6 heteroatoms. The molecule has 3 rings (SSSR count). The van der Waals surface area contributed by atoms with E-state index in [-0.39, 0.29) is 17.7 Å². The van der Waals surface area contributed by atoms with Crippen molar-refractivity contribution < 1.29 is 18.3 Å². The van der Waals surface area contributed by atoms with E-state index in [1.807, 2.05) is 6.92 Å². The van der Waals surface area contributed by atoms with Crippen LogP contribution in [0.2, 0.25) is 0 Å². The maximum Gasteiger partial charge on any atom is 0.412 e. The van der Waals surface area contributed by atoms with Crippen molar-refractivity contribution in [2.24, 2.45) is 0 Å². The fraction of sp³-hybridized carbons (Fsp3) is 0.278. The second kappa shape index (κ2) is 6.51. The van der Waals surface area contributed by atoms with E-state index in [9.17, 15) is 13.6 Å². The number of ether oxygens (including phenoxy) is 1. The van der Waals surface area contributed by atoms with Crippen LogP contribution in [0.3, 0.4) is 0 Å². The molecule has 0 bridgehead atoms. The number of rotatable bonds is 4. The predicted octanol–water partition coefficient (Wildman–Crippen LogP) is 5.42. The number of carbonyl (C=O) groups is 1. The normalized spacial score (nSPS) is 15.0. The van der Waals surface area contributed by atoms with E-state index in [0.29, 0.717) is 10.0 Å². The Morgan fingerprint density at radius 1 is 1.25 bits per heavy atom. The molecule has 0 saturated heterocycles. The molecule has 0 atom stereocenters. The molecule has 0 aliphatic heterocycles. The summed E-state index contributed by atoms with van der Waals surface area (Å²) >= 11 is 3.28. The van der Waals surface area contributed by atoms with Crippen molar-refractivity contribution in [2.45, 2.75) is 31.8 Å². The minimum atomic E-state index is -0.687. The van der Waals surface area contributed by atoms with Crippen molar-refractivity contribution in [1.29, 1.82) is 0 Å². The lowest BCUT2D eigenvalue weighted by atomic mass is 10.0. The van der Waals surface area contributed by atoms with Gasteiger partial charge in [-0.3, -0.25) is 5.32 Å². The average Bonchev–Trinajstić information content (AvgIpc) is 3.25. The van der Waals surface area contributed by atoms with E-state index in [4.69, 9.17) is 4.74 Å². The lowest BCUT2D eigenvalue weighted by Crippen LogP contribution is -2.21. The van der Waals surface area contributed by atoms with Crippen molar-refractivity contribution in [3.63, 3.8) is 0 Å². The van der Waals surface area contributed by atoms with Gasteiger partial charge in [-0.15, -0.1) is 0 Å². The molecule has 3 nitrogen and oxygen atoms in total. The maximum absolute atomic E-state index is 14.7. The van der Waals surface area contributed by atoms with Crippen molar-refractivity contribution >= 4 is 27.7 Å². The summed E-state index contributed by atoms with van der Waals surface area (Å²) in [5.41, 5.74) is 0.225. The summed E-state index contributed by atoms with van der Waals surface area (Å²) < 4.78 is 34.3. The fourth-order valence-corrected chi connectivity index (χ4v) is 2.77. The number of anilines is 1. The summed E-state index contributed by atoms with van der Waals surface area (Å²) in [7, 11) is 0. The zero-order valence-electron chi connectivity index (χ0n) is 13.0. The molecule has 1 aliphatic rings. The molecule has 0 spiro atoms. The number of hydrogen-bond donors (Lipinski definition) is 1. The monoisotopic (exact) mass is 395 g/mol. The lowest BCUT2D eigenvalue weighted by molar-refractivity contribution is 0.107. The zero-order chi connectivity index (χ0) is 17.3. The van der Waals surface area contributed by atoms with E-state index in [1.165, 1.54) is 12.1 Å². The molecule has 2 aromatic rings. The highest BCUT2D eigenvalue weighted by Gasteiger charge is 2.41. The topological polar surface area (TPSA) is 38.3 Å². The molecular weight excluding hydrogens is 380 g/mol. The van der Waals surface area contributed by atoms with Crippen LogP contribution >= 0.6 is 15.9 Å². The summed E-state index contributed by atoms with van der Waals surface area (Å²) in [4.78, 5) is 11.9. The third-order valence-electron chi connectivity index (χ3n) is 4.04. The number of hydrogen-bond acceptors (Lipinski definition) is 2. The number of benzene rings is 2. The maximum atomic E-state index is 14.7. The first kappa shape index (κ1) is 16.9. The molecule has 1 amide bonds. The van der Waals surface area contributed by atoms with E-state index in [1.54, 1.807) is 24.3 Å². The van der Waals surface area contributed by atoms with Crippen LogP contribution in [0.1, 0.15) is 30.9 Å². The van der Waals surface area contributed by atoms with Gasteiger partial charge in [0.15, 0.2) is 5.82 Å². The smallest absolute Gasteiger partial charge is 0.412 e. The largest absolute Gasteiger partial charge is 0.443 e. The number of nitrogens with one attached hydrogen (secondary N) is 1. The highest BCUT2D eigenvalue weighted by atomic mass is 79.9. The van der Waals surface area contributed by atoms with Crippen molar-refractivity contribution in [3.8, 4) is 0 Å². The third-order valence-corrected chi connectivity index (χ3v) is 4.78. The number of amides is 1. The molecule has 126 valence electrons. The zero-order valence-corrected chi connectivity index (χ0v) is 14.6. The molecule has 0 radical (unpaired) electrons. The highest BCUT2D eigenvalue weighted by Crippen LogP contribution is 2.39. The Morgan fingerprint density at radius 3 is 2.62 bits per heavy atom. The highest BCUT2D eigenvalue weighted by molar-refractivity contribution is 9.10. The second-order valence-electron chi connectivity index (χ2n) is 6.12. The van der Waals surface area contributed by atoms with Crippen molar-refractivity contribution in [2.75, 3.05) is 5.32 Å². The minimum Gasteiger partial charge on any atom is -0.443 e. The van der Waals surface area contributed by atoms with Crippen molar-refractivity contribution in [3.05, 3.63) is 63.6 Å². The Morgan fingerprint density at radius 2 is 1.96 bits per heavy atom.